The summed E-state index contributed by atoms with van der Waals surface area (Å²) in [7, 11) is 4.78. The van der Waals surface area contributed by atoms with Gasteiger partial charge in [-0.05, 0) is 25.0 Å². The highest BCUT2D eigenvalue weighted by molar-refractivity contribution is 5.77. The predicted octanol–water partition coefficient (Wildman–Crippen LogP) is 1.75. The van der Waals surface area contributed by atoms with Crippen molar-refractivity contribution < 1.29 is 19.0 Å². The van der Waals surface area contributed by atoms with Gasteiger partial charge in [0.1, 0.15) is 6.61 Å². The predicted molar refractivity (Wildman–Crippen MR) is 84.6 cm³/mol. The number of rotatable bonds is 6. The number of amides is 1. The van der Waals surface area contributed by atoms with Gasteiger partial charge in [0.15, 0.2) is 11.5 Å². The second kappa shape index (κ2) is 7.89. The molecule has 0 unspecified atom stereocenters. The molecule has 2 rings (SSSR count). The maximum Gasteiger partial charge on any atom is 0.248 e. The Morgan fingerprint density at radius 2 is 2.05 bits per heavy atom. The first kappa shape index (κ1) is 16.4. The number of ether oxygens (including phenoxy) is 3. The number of benzene rings is 1. The number of likely N-dealkylation sites (tertiary alicyclic amines) is 1. The molecule has 1 aliphatic heterocycles. The number of anilines is 1. The Labute approximate surface area is 131 Å². The first-order chi connectivity index (χ1) is 10.7. The lowest BCUT2D eigenvalue weighted by molar-refractivity contribution is -0.136. The summed E-state index contributed by atoms with van der Waals surface area (Å²) in [4.78, 5) is 13.8. The van der Waals surface area contributed by atoms with Crippen molar-refractivity contribution in [3.05, 3.63) is 18.2 Å². The van der Waals surface area contributed by atoms with Crippen molar-refractivity contribution in [2.24, 2.45) is 0 Å². The molecule has 0 aromatic heterocycles. The third-order valence-corrected chi connectivity index (χ3v) is 3.80. The van der Waals surface area contributed by atoms with E-state index in [4.69, 9.17) is 14.2 Å². The van der Waals surface area contributed by atoms with Gasteiger partial charge in [0, 0.05) is 38.0 Å². The number of nitrogens with one attached hydrogen (secondary N) is 1. The molecule has 1 aliphatic rings. The Hall–Kier alpha value is -1.95. The van der Waals surface area contributed by atoms with Crippen LogP contribution in [0.1, 0.15) is 12.8 Å². The first-order valence-electron chi connectivity index (χ1n) is 7.43. The van der Waals surface area contributed by atoms with Crippen LogP contribution in [-0.2, 0) is 9.53 Å². The summed E-state index contributed by atoms with van der Waals surface area (Å²) in [5, 5.41) is 3.46. The van der Waals surface area contributed by atoms with E-state index >= 15 is 0 Å². The number of piperidine rings is 1. The fourth-order valence-corrected chi connectivity index (χ4v) is 2.70. The van der Waals surface area contributed by atoms with Gasteiger partial charge in [0.2, 0.25) is 5.91 Å². The molecule has 0 aliphatic carbocycles. The average molecular weight is 308 g/mol. The summed E-state index contributed by atoms with van der Waals surface area (Å²) >= 11 is 0. The van der Waals surface area contributed by atoms with E-state index in [1.165, 1.54) is 0 Å². The van der Waals surface area contributed by atoms with Crippen molar-refractivity contribution in [1.29, 1.82) is 0 Å². The third kappa shape index (κ3) is 4.04. The number of carbonyl (C=O) groups is 1. The monoisotopic (exact) mass is 308 g/mol. The van der Waals surface area contributed by atoms with Crippen LogP contribution in [0.15, 0.2) is 18.2 Å². The van der Waals surface area contributed by atoms with E-state index < -0.39 is 0 Å². The van der Waals surface area contributed by atoms with Gasteiger partial charge >= 0.3 is 0 Å². The van der Waals surface area contributed by atoms with Gasteiger partial charge in [-0.3, -0.25) is 4.79 Å². The van der Waals surface area contributed by atoms with Crippen molar-refractivity contribution >= 4 is 11.6 Å². The van der Waals surface area contributed by atoms with Crippen LogP contribution in [0.4, 0.5) is 5.69 Å². The van der Waals surface area contributed by atoms with Gasteiger partial charge in [0.05, 0.1) is 14.2 Å². The maximum atomic E-state index is 11.9. The second-order valence-corrected chi connectivity index (χ2v) is 5.33. The van der Waals surface area contributed by atoms with Crippen molar-refractivity contribution in [3.8, 4) is 11.5 Å². The first-order valence-corrected chi connectivity index (χ1v) is 7.43. The SMILES string of the molecule is COCC(=O)N1CCC[C@H](Nc2ccc(OC)c(OC)c2)C1. The molecule has 122 valence electrons. The smallest absolute Gasteiger partial charge is 0.248 e. The van der Waals surface area contributed by atoms with Gasteiger partial charge in [-0.25, -0.2) is 0 Å². The van der Waals surface area contributed by atoms with E-state index in [1.54, 1.807) is 21.3 Å². The Morgan fingerprint density at radius 1 is 1.27 bits per heavy atom. The lowest BCUT2D eigenvalue weighted by atomic mass is 10.1. The molecular formula is C16H24N2O4. The Kier molecular flexibility index (Phi) is 5.89. The summed E-state index contributed by atoms with van der Waals surface area (Å²) in [6.45, 7) is 1.63. The van der Waals surface area contributed by atoms with E-state index in [1.807, 2.05) is 23.1 Å². The molecule has 22 heavy (non-hydrogen) atoms. The van der Waals surface area contributed by atoms with E-state index in [2.05, 4.69) is 5.32 Å². The largest absolute Gasteiger partial charge is 0.493 e. The summed E-state index contributed by atoms with van der Waals surface area (Å²) in [5.41, 5.74) is 0.962. The van der Waals surface area contributed by atoms with Gasteiger partial charge < -0.3 is 24.4 Å². The third-order valence-electron chi connectivity index (χ3n) is 3.80. The second-order valence-electron chi connectivity index (χ2n) is 5.33. The molecular weight excluding hydrogens is 284 g/mol. The molecule has 1 atom stereocenters. The highest BCUT2D eigenvalue weighted by Gasteiger charge is 2.23. The van der Waals surface area contributed by atoms with E-state index in [0.717, 1.165) is 25.1 Å². The van der Waals surface area contributed by atoms with Crippen molar-refractivity contribution in [1.82, 2.24) is 4.90 Å². The van der Waals surface area contributed by atoms with Crippen LogP contribution in [0.3, 0.4) is 0 Å². The highest BCUT2D eigenvalue weighted by atomic mass is 16.5. The summed E-state index contributed by atoms with van der Waals surface area (Å²) in [5.74, 6) is 1.44. The van der Waals surface area contributed by atoms with Crippen LogP contribution >= 0.6 is 0 Å². The fraction of sp³-hybridized carbons (Fsp3) is 0.562. The van der Waals surface area contributed by atoms with E-state index in [-0.39, 0.29) is 18.6 Å². The number of hydrogen-bond donors (Lipinski definition) is 1. The Balaban J connectivity index is 1.99. The molecule has 1 N–H and O–H groups in total. The van der Waals surface area contributed by atoms with Crippen LogP contribution in [0.25, 0.3) is 0 Å². The average Bonchev–Trinajstić information content (AvgIpc) is 2.55. The lowest BCUT2D eigenvalue weighted by Crippen LogP contribution is -2.46. The Bertz CT molecular complexity index is 507. The maximum absolute atomic E-state index is 11.9. The topological polar surface area (TPSA) is 60.0 Å². The van der Waals surface area contributed by atoms with Gasteiger partial charge in [0.25, 0.3) is 0 Å². The van der Waals surface area contributed by atoms with Gasteiger partial charge in [-0.15, -0.1) is 0 Å². The molecule has 0 radical (unpaired) electrons. The molecule has 0 saturated carbocycles. The molecule has 1 amide bonds. The number of carbonyl (C=O) groups excluding carboxylic acids is 1. The van der Waals surface area contributed by atoms with Crippen LogP contribution in [0, 0.1) is 0 Å². The molecule has 1 aromatic rings. The molecule has 1 aromatic carbocycles. The summed E-state index contributed by atoms with van der Waals surface area (Å²) < 4.78 is 15.5. The van der Waals surface area contributed by atoms with Crippen molar-refractivity contribution in [3.63, 3.8) is 0 Å². The van der Waals surface area contributed by atoms with Gasteiger partial charge in [-0.1, -0.05) is 0 Å². The molecule has 0 bridgehead atoms. The molecule has 6 heteroatoms. The molecule has 1 heterocycles. The standard InChI is InChI=1S/C16H24N2O4/c1-20-11-16(19)18-8-4-5-13(10-18)17-12-6-7-14(21-2)15(9-12)22-3/h6-7,9,13,17H,4-5,8,10-11H2,1-3H3/t13-/m0/s1. The number of hydrogen-bond acceptors (Lipinski definition) is 5. The highest BCUT2D eigenvalue weighted by Crippen LogP contribution is 2.30. The van der Waals surface area contributed by atoms with Crippen LogP contribution < -0.4 is 14.8 Å². The molecule has 6 nitrogen and oxygen atoms in total. The number of methoxy groups -OCH3 is 3. The zero-order chi connectivity index (χ0) is 15.9. The van der Waals surface area contributed by atoms with Crippen LogP contribution in [0.2, 0.25) is 0 Å². The summed E-state index contributed by atoms with van der Waals surface area (Å²) in [6.07, 6.45) is 2.02. The zero-order valence-corrected chi connectivity index (χ0v) is 13.4. The normalized spacial score (nSPS) is 18.0. The number of nitrogens with zero attached hydrogens (tertiary/aromatic N) is 1. The zero-order valence-electron chi connectivity index (χ0n) is 13.4. The van der Waals surface area contributed by atoms with E-state index in [9.17, 15) is 4.79 Å². The minimum Gasteiger partial charge on any atom is -0.493 e. The molecule has 0 spiro atoms. The quantitative estimate of drug-likeness (QED) is 0.867. The van der Waals surface area contributed by atoms with Crippen LogP contribution in [0.5, 0.6) is 11.5 Å². The summed E-state index contributed by atoms with van der Waals surface area (Å²) in [6, 6.07) is 5.97. The van der Waals surface area contributed by atoms with Gasteiger partial charge in [-0.2, -0.15) is 0 Å². The Morgan fingerprint density at radius 3 is 2.73 bits per heavy atom. The van der Waals surface area contributed by atoms with Crippen molar-refractivity contribution in [2.45, 2.75) is 18.9 Å². The molecule has 1 fully saturated rings. The minimum absolute atomic E-state index is 0.0429. The lowest BCUT2D eigenvalue weighted by Gasteiger charge is -2.33. The van der Waals surface area contributed by atoms with Crippen LogP contribution in [-0.4, -0.2) is 57.9 Å². The van der Waals surface area contributed by atoms with Crippen molar-refractivity contribution in [2.75, 3.05) is 46.3 Å². The van der Waals surface area contributed by atoms with E-state index in [0.29, 0.717) is 18.0 Å². The fourth-order valence-electron chi connectivity index (χ4n) is 2.70. The minimum atomic E-state index is 0.0429. The molecule has 1 saturated heterocycles.